The van der Waals surface area contributed by atoms with E-state index in [2.05, 4.69) is 33.9 Å². The molecule has 0 fully saturated rings. The summed E-state index contributed by atoms with van der Waals surface area (Å²) in [5.74, 6) is 0. The van der Waals surface area contributed by atoms with Crippen LogP contribution in [0.25, 0.3) is 0 Å². The molecule has 1 nitrogen and oxygen atoms in total. The zero-order valence-corrected chi connectivity index (χ0v) is 20.7. The van der Waals surface area contributed by atoms with Gasteiger partial charge < -0.3 is 0 Å². The van der Waals surface area contributed by atoms with E-state index in [1.54, 1.807) is 0 Å². The average molecular weight is 552 g/mol. The first-order chi connectivity index (χ1) is 10.3. The van der Waals surface area contributed by atoms with E-state index >= 15 is 0 Å². The SMILES string of the molecule is CC(C)(C)[Si](C)(C)OC(/[C]([Sn+])=[C](/[Sn+])C(F)(F)F)c1ccccc1. The summed E-state index contributed by atoms with van der Waals surface area (Å²) in [6.45, 7) is 10.4. The van der Waals surface area contributed by atoms with Crippen LogP contribution in [0.5, 0.6) is 0 Å². The number of alkyl halides is 3. The summed E-state index contributed by atoms with van der Waals surface area (Å²) in [6.07, 6.45) is -4.88. The number of benzene rings is 1. The Bertz CT molecular complexity index is 563. The van der Waals surface area contributed by atoms with Crippen molar-refractivity contribution in [2.45, 2.75) is 51.2 Å². The third-order valence-electron chi connectivity index (χ3n) is 4.14. The molecule has 4 radical (unpaired) electrons. The van der Waals surface area contributed by atoms with E-state index < -0.39 is 24.2 Å². The standard InChI is InChI=1S/C16H21F3OSi.2Sn/c1-15(2,3)21(4,5)20-14(11-12-16(17,18)19)13-9-7-6-8-10-13;;/h6-10,14H,1-5H3;;/q;2*+1. The van der Waals surface area contributed by atoms with Gasteiger partial charge in [0, 0.05) is 0 Å². The Kier molecular flexibility index (Phi) is 7.34. The topological polar surface area (TPSA) is 9.23 Å². The molecule has 7 heteroatoms. The number of allylic oxidation sites excluding steroid dienone is 1. The van der Waals surface area contributed by atoms with Gasteiger partial charge in [0.05, 0.1) is 0 Å². The van der Waals surface area contributed by atoms with Gasteiger partial charge >= 0.3 is 165 Å². The summed E-state index contributed by atoms with van der Waals surface area (Å²) >= 11 is 1.15. The molecular formula is C16H21F3OSiSn2+2. The number of halogens is 3. The molecular weight excluding hydrogens is 531 g/mol. The van der Waals surface area contributed by atoms with Gasteiger partial charge in [0.25, 0.3) is 0 Å². The maximum absolute atomic E-state index is 13.2. The molecule has 0 saturated carbocycles. The molecule has 23 heavy (non-hydrogen) atoms. The van der Waals surface area contributed by atoms with E-state index in [9.17, 15) is 13.2 Å². The molecule has 122 valence electrons. The Balaban J connectivity index is 3.36. The number of hydrogen-bond acceptors (Lipinski definition) is 1. The van der Waals surface area contributed by atoms with E-state index in [-0.39, 0.29) is 5.04 Å². The molecule has 0 spiro atoms. The Morgan fingerprint density at radius 3 is 1.91 bits per heavy atom. The number of rotatable bonds is 4. The van der Waals surface area contributed by atoms with Crippen molar-refractivity contribution in [3.8, 4) is 0 Å². The van der Waals surface area contributed by atoms with Crippen LogP contribution >= 0.6 is 0 Å². The van der Waals surface area contributed by atoms with Crippen LogP contribution in [0.2, 0.25) is 18.1 Å². The second kappa shape index (κ2) is 7.82. The third kappa shape index (κ3) is 5.78. The molecule has 0 amide bonds. The van der Waals surface area contributed by atoms with Gasteiger partial charge in [0.1, 0.15) is 0 Å². The van der Waals surface area contributed by atoms with Gasteiger partial charge in [0.15, 0.2) is 0 Å². The minimum absolute atomic E-state index is 0.0596. The molecule has 0 aliphatic rings. The van der Waals surface area contributed by atoms with Crippen LogP contribution in [-0.4, -0.2) is 59.5 Å². The molecule has 1 atom stereocenters. The van der Waals surface area contributed by atoms with Crippen molar-refractivity contribution in [2.75, 3.05) is 0 Å². The van der Waals surface area contributed by atoms with Crippen molar-refractivity contribution >= 4 is 53.4 Å². The Morgan fingerprint density at radius 1 is 1.04 bits per heavy atom. The summed E-state index contributed by atoms with van der Waals surface area (Å²) < 4.78 is 45.8. The number of hydrogen-bond donors (Lipinski definition) is 0. The van der Waals surface area contributed by atoms with Crippen molar-refractivity contribution in [1.82, 2.24) is 0 Å². The zero-order valence-electron chi connectivity index (χ0n) is 14.0. The molecule has 0 saturated heterocycles. The first-order valence-electron chi connectivity index (χ1n) is 7.24. The van der Waals surface area contributed by atoms with Gasteiger partial charge in [-0.25, -0.2) is 0 Å². The van der Waals surface area contributed by atoms with E-state index in [1.807, 2.05) is 30.3 Å². The molecule has 0 N–H and O–H groups in total. The molecule has 0 aliphatic heterocycles. The van der Waals surface area contributed by atoms with E-state index in [0.29, 0.717) is 26.1 Å². The minimum atomic E-state index is -4.28. The van der Waals surface area contributed by atoms with Gasteiger partial charge in [-0.1, -0.05) is 0 Å². The van der Waals surface area contributed by atoms with Crippen molar-refractivity contribution in [2.24, 2.45) is 0 Å². The van der Waals surface area contributed by atoms with E-state index in [0.717, 1.165) is 28.1 Å². The molecule has 0 aliphatic carbocycles. The van der Waals surface area contributed by atoms with Crippen molar-refractivity contribution in [1.29, 1.82) is 0 Å². The average Bonchev–Trinajstić information content (AvgIpc) is 2.42. The van der Waals surface area contributed by atoms with Crippen LogP contribution in [0.3, 0.4) is 0 Å². The van der Waals surface area contributed by atoms with Crippen LogP contribution in [0.15, 0.2) is 37.5 Å². The molecule has 1 aromatic carbocycles. The fourth-order valence-electron chi connectivity index (χ4n) is 1.68. The Morgan fingerprint density at radius 2 is 1.52 bits per heavy atom. The third-order valence-corrected chi connectivity index (χ3v) is 13.6. The van der Waals surface area contributed by atoms with Gasteiger partial charge in [-0.3, -0.25) is 0 Å². The molecule has 1 unspecified atom stereocenters. The van der Waals surface area contributed by atoms with Gasteiger partial charge in [-0.05, 0) is 0 Å². The summed E-state index contributed by atoms with van der Waals surface area (Å²) in [6, 6.07) is 9.25. The predicted molar refractivity (Wildman–Crippen MR) is 92.1 cm³/mol. The summed E-state index contributed by atoms with van der Waals surface area (Å²) in [7, 11) is -2.20. The fourth-order valence-corrected chi connectivity index (χ4v) is 4.63. The van der Waals surface area contributed by atoms with Crippen molar-refractivity contribution in [3.63, 3.8) is 0 Å². The van der Waals surface area contributed by atoms with Crippen LogP contribution in [0.4, 0.5) is 13.2 Å². The Hall–Kier alpha value is 0.524. The second-order valence-corrected chi connectivity index (χ2v) is 14.7. The monoisotopic (exact) mass is 554 g/mol. The Labute approximate surface area is 164 Å². The van der Waals surface area contributed by atoms with Crippen molar-refractivity contribution in [3.05, 3.63) is 43.1 Å². The quantitative estimate of drug-likeness (QED) is 0.486. The van der Waals surface area contributed by atoms with E-state index in [1.165, 1.54) is 0 Å². The summed E-state index contributed by atoms with van der Waals surface area (Å²) in [4.78, 5) is 0. The summed E-state index contributed by atoms with van der Waals surface area (Å²) in [5.41, 5.74) is 0.799. The van der Waals surface area contributed by atoms with Gasteiger partial charge in [-0.15, -0.1) is 0 Å². The first kappa shape index (κ1) is 21.6. The van der Waals surface area contributed by atoms with Crippen LogP contribution in [0.1, 0.15) is 32.4 Å². The van der Waals surface area contributed by atoms with Crippen molar-refractivity contribution < 1.29 is 17.6 Å². The van der Waals surface area contributed by atoms with Crippen LogP contribution < -0.4 is 0 Å². The maximum atomic E-state index is 13.2. The van der Waals surface area contributed by atoms with Gasteiger partial charge in [-0.2, -0.15) is 0 Å². The predicted octanol–water partition coefficient (Wildman–Crippen LogP) is 4.86. The van der Waals surface area contributed by atoms with Crippen LogP contribution in [0, 0.1) is 0 Å². The zero-order chi connectivity index (χ0) is 18.1. The molecule has 0 bridgehead atoms. The molecule has 0 heterocycles. The molecule has 0 aromatic heterocycles. The summed E-state index contributed by atoms with van der Waals surface area (Å²) in [5, 5.41) is -0.0596. The molecule has 1 rings (SSSR count). The fraction of sp³-hybridized carbons (Fsp3) is 0.500. The second-order valence-electron chi connectivity index (χ2n) is 6.96. The van der Waals surface area contributed by atoms with Crippen LogP contribution in [-0.2, 0) is 4.43 Å². The normalized spacial score (nSPS) is 16.0. The van der Waals surface area contributed by atoms with Gasteiger partial charge in [0.2, 0.25) is 0 Å². The molecule has 1 aromatic rings. The first-order valence-corrected chi connectivity index (χ1v) is 13.0. The van der Waals surface area contributed by atoms with E-state index in [4.69, 9.17) is 4.43 Å².